The third kappa shape index (κ3) is 5.49. The highest BCUT2D eigenvalue weighted by atomic mass is 15.0. The second-order valence-electron chi connectivity index (χ2n) is 15.2. The Hall–Kier alpha value is -7.95. The lowest BCUT2D eigenvalue weighted by Gasteiger charge is -2.12. The number of rotatable bonds is 5. The van der Waals surface area contributed by atoms with Gasteiger partial charge in [0.1, 0.15) is 0 Å². The second-order valence-corrected chi connectivity index (χ2v) is 15.2. The van der Waals surface area contributed by atoms with Crippen molar-refractivity contribution in [3.8, 4) is 50.7 Å². The van der Waals surface area contributed by atoms with E-state index >= 15 is 0 Å². The summed E-state index contributed by atoms with van der Waals surface area (Å²) >= 11 is 0. The highest BCUT2D eigenvalue weighted by Crippen LogP contribution is 2.40. The Labute approximate surface area is 340 Å². The Morgan fingerprint density at radius 2 is 0.932 bits per heavy atom. The minimum absolute atomic E-state index is 0.703. The third-order valence-electron chi connectivity index (χ3n) is 11.7. The van der Waals surface area contributed by atoms with E-state index in [0.29, 0.717) is 5.82 Å². The lowest BCUT2D eigenvalue weighted by atomic mass is 9.98. The Morgan fingerprint density at radius 1 is 0.288 bits per heavy atom. The fourth-order valence-electron chi connectivity index (χ4n) is 8.92. The van der Waals surface area contributed by atoms with E-state index in [1.165, 1.54) is 21.5 Å². The van der Waals surface area contributed by atoms with Gasteiger partial charge in [0.05, 0.1) is 33.5 Å². The van der Waals surface area contributed by atoms with E-state index in [0.717, 1.165) is 88.5 Å². The zero-order valence-corrected chi connectivity index (χ0v) is 31.9. The molecule has 0 bridgehead atoms. The zero-order chi connectivity index (χ0) is 38.9. The Balaban J connectivity index is 1.05. The first kappa shape index (κ1) is 33.2. The molecule has 12 rings (SSSR count). The average molecular weight is 751 g/mol. The normalized spacial score (nSPS) is 11.7. The quantitative estimate of drug-likeness (QED) is 0.165. The molecule has 4 heteroatoms. The predicted molar refractivity (Wildman–Crippen MR) is 246 cm³/mol. The lowest BCUT2D eigenvalue weighted by Crippen LogP contribution is -1.95. The van der Waals surface area contributed by atoms with Crippen LogP contribution in [-0.2, 0) is 0 Å². The first-order chi connectivity index (χ1) is 29.2. The molecule has 0 N–H and O–H groups in total. The average Bonchev–Trinajstić information content (AvgIpc) is 3.63. The van der Waals surface area contributed by atoms with Crippen molar-refractivity contribution in [3.05, 3.63) is 206 Å². The number of benzene rings is 9. The summed E-state index contributed by atoms with van der Waals surface area (Å²) in [4.78, 5) is 15.8. The molecule has 59 heavy (non-hydrogen) atoms. The van der Waals surface area contributed by atoms with Gasteiger partial charge in [-0.1, -0.05) is 152 Å². The predicted octanol–water partition coefficient (Wildman–Crippen LogP) is 14.2. The van der Waals surface area contributed by atoms with E-state index < -0.39 is 0 Å². The van der Waals surface area contributed by atoms with Crippen molar-refractivity contribution in [2.75, 3.05) is 0 Å². The first-order valence-corrected chi connectivity index (χ1v) is 20.0. The molecule has 0 unspecified atom stereocenters. The molecule has 0 saturated heterocycles. The molecule has 0 aliphatic carbocycles. The summed E-state index contributed by atoms with van der Waals surface area (Å²) in [5.74, 6) is 0.703. The van der Waals surface area contributed by atoms with Crippen LogP contribution in [-0.4, -0.2) is 19.5 Å². The molecule has 0 saturated carbocycles. The Morgan fingerprint density at radius 3 is 1.80 bits per heavy atom. The topological polar surface area (TPSA) is 43.6 Å². The largest absolute Gasteiger partial charge is 0.309 e. The molecule has 0 atom stereocenters. The summed E-state index contributed by atoms with van der Waals surface area (Å²) < 4.78 is 2.39. The van der Waals surface area contributed by atoms with E-state index in [1.54, 1.807) is 0 Å². The van der Waals surface area contributed by atoms with Gasteiger partial charge in [0.15, 0.2) is 5.82 Å². The zero-order valence-electron chi connectivity index (χ0n) is 31.9. The molecule has 12 aromatic rings. The SMILES string of the molecule is c1ccc(-c2nc3cc4c5cc(-c6cccc(-c7nc(-c8ccc9ccccc9c8)c8ccccc8n7)c6)ccc5n(-c5ccccc5)c4cc3c3ccccc23)cc1. The number of hydrogen-bond acceptors (Lipinski definition) is 3. The summed E-state index contributed by atoms with van der Waals surface area (Å²) in [6.07, 6.45) is 0. The van der Waals surface area contributed by atoms with Crippen molar-refractivity contribution in [3.63, 3.8) is 0 Å². The van der Waals surface area contributed by atoms with E-state index in [-0.39, 0.29) is 0 Å². The van der Waals surface area contributed by atoms with Gasteiger partial charge in [0, 0.05) is 49.3 Å². The highest BCUT2D eigenvalue weighted by molar-refractivity contribution is 6.19. The number of fused-ring (bicyclic) bond motifs is 8. The van der Waals surface area contributed by atoms with Gasteiger partial charge >= 0.3 is 0 Å². The van der Waals surface area contributed by atoms with Crippen molar-refractivity contribution in [2.45, 2.75) is 0 Å². The van der Waals surface area contributed by atoms with Crippen molar-refractivity contribution in [1.82, 2.24) is 19.5 Å². The number of hydrogen-bond donors (Lipinski definition) is 0. The van der Waals surface area contributed by atoms with E-state index in [9.17, 15) is 0 Å². The van der Waals surface area contributed by atoms with Crippen LogP contribution in [0.1, 0.15) is 0 Å². The third-order valence-corrected chi connectivity index (χ3v) is 11.7. The van der Waals surface area contributed by atoms with Crippen LogP contribution in [0.5, 0.6) is 0 Å². The fraction of sp³-hybridized carbons (Fsp3) is 0. The van der Waals surface area contributed by atoms with Crippen molar-refractivity contribution in [1.29, 1.82) is 0 Å². The van der Waals surface area contributed by atoms with Crippen LogP contribution in [0, 0.1) is 0 Å². The molecular formula is C55H34N4. The molecule has 0 fully saturated rings. The van der Waals surface area contributed by atoms with E-state index in [4.69, 9.17) is 15.0 Å². The molecule has 3 heterocycles. The molecule has 0 spiro atoms. The van der Waals surface area contributed by atoms with Crippen LogP contribution in [0.3, 0.4) is 0 Å². The van der Waals surface area contributed by atoms with Gasteiger partial charge in [-0.3, -0.25) is 0 Å². The maximum Gasteiger partial charge on any atom is 0.160 e. The maximum atomic E-state index is 5.38. The van der Waals surface area contributed by atoms with Gasteiger partial charge in [-0.05, 0) is 81.9 Å². The number of para-hydroxylation sites is 2. The Kier molecular flexibility index (Phi) is 7.50. The molecule has 9 aromatic carbocycles. The minimum atomic E-state index is 0.703. The summed E-state index contributed by atoms with van der Waals surface area (Å²) in [5.41, 5.74) is 12.6. The molecule has 3 aromatic heterocycles. The van der Waals surface area contributed by atoms with Crippen LogP contribution in [0.4, 0.5) is 0 Å². The second kappa shape index (κ2) is 13.3. The van der Waals surface area contributed by atoms with Gasteiger partial charge < -0.3 is 4.57 Å². The van der Waals surface area contributed by atoms with Gasteiger partial charge in [-0.2, -0.15) is 0 Å². The minimum Gasteiger partial charge on any atom is -0.309 e. The van der Waals surface area contributed by atoms with E-state index in [1.807, 2.05) is 6.07 Å². The van der Waals surface area contributed by atoms with Crippen LogP contribution >= 0.6 is 0 Å². The number of aromatic nitrogens is 4. The molecular weight excluding hydrogens is 717 g/mol. The standard InChI is InChI=1S/C55H34N4/c1-3-15-36(16-4-1)53-44-23-10-9-22-43(44)46-34-52-48(33-50(46)56-53)47-32-39(28-29-51(47)59(52)42-20-5-2-6-21-42)38-18-13-19-41(31-38)55-57-49-25-12-11-24-45(49)54(58-55)40-27-26-35-14-7-8-17-37(35)30-40/h1-34H. The fourth-order valence-corrected chi connectivity index (χ4v) is 8.92. The molecule has 0 amide bonds. The van der Waals surface area contributed by atoms with Crippen LogP contribution < -0.4 is 0 Å². The van der Waals surface area contributed by atoms with Gasteiger partial charge in [0.2, 0.25) is 0 Å². The molecule has 0 aliphatic heterocycles. The summed E-state index contributed by atoms with van der Waals surface area (Å²) in [6, 6.07) is 73.3. The lowest BCUT2D eigenvalue weighted by molar-refractivity contribution is 1.18. The summed E-state index contributed by atoms with van der Waals surface area (Å²) in [7, 11) is 0. The maximum absolute atomic E-state index is 5.38. The van der Waals surface area contributed by atoms with Crippen LogP contribution in [0.25, 0.3) is 116 Å². The van der Waals surface area contributed by atoms with E-state index in [2.05, 4.69) is 205 Å². The monoisotopic (exact) mass is 750 g/mol. The molecule has 0 radical (unpaired) electrons. The number of nitrogens with zero attached hydrogens (tertiary/aromatic N) is 4. The first-order valence-electron chi connectivity index (χ1n) is 20.0. The summed E-state index contributed by atoms with van der Waals surface area (Å²) in [6.45, 7) is 0. The molecule has 274 valence electrons. The van der Waals surface area contributed by atoms with Crippen molar-refractivity contribution >= 4 is 65.2 Å². The number of pyridine rings is 1. The van der Waals surface area contributed by atoms with Crippen LogP contribution in [0.2, 0.25) is 0 Å². The highest BCUT2D eigenvalue weighted by Gasteiger charge is 2.19. The van der Waals surface area contributed by atoms with Gasteiger partial charge in [0.25, 0.3) is 0 Å². The molecule has 0 aliphatic rings. The summed E-state index contributed by atoms with van der Waals surface area (Å²) in [5, 5.41) is 9.25. The van der Waals surface area contributed by atoms with Crippen molar-refractivity contribution < 1.29 is 0 Å². The van der Waals surface area contributed by atoms with Crippen LogP contribution in [0.15, 0.2) is 206 Å². The van der Waals surface area contributed by atoms with Gasteiger partial charge in [-0.15, -0.1) is 0 Å². The Bertz CT molecular complexity index is 3610. The smallest absolute Gasteiger partial charge is 0.160 e. The van der Waals surface area contributed by atoms with Crippen molar-refractivity contribution in [2.24, 2.45) is 0 Å². The molecule has 4 nitrogen and oxygen atoms in total. The van der Waals surface area contributed by atoms with Gasteiger partial charge in [-0.25, -0.2) is 15.0 Å².